The molecule has 0 radical (unpaired) electrons. The Bertz CT molecular complexity index is 762. The molecule has 0 saturated carbocycles. The Kier molecular flexibility index (Phi) is 3.08. The Hall–Kier alpha value is -2.47. The molecule has 3 aromatic rings. The van der Waals surface area contributed by atoms with Crippen molar-refractivity contribution in [3.8, 4) is 22.0 Å². The van der Waals surface area contributed by atoms with Gasteiger partial charge in [0.15, 0.2) is 5.76 Å². The first kappa shape index (κ1) is 12.6. The van der Waals surface area contributed by atoms with E-state index < -0.39 is 5.91 Å². The van der Waals surface area contributed by atoms with Gasteiger partial charge in [-0.3, -0.25) is 4.79 Å². The number of carbonyl (C=O) groups excluding carboxylic acids is 1. The van der Waals surface area contributed by atoms with Gasteiger partial charge in [-0.25, -0.2) is 9.37 Å². The van der Waals surface area contributed by atoms with Gasteiger partial charge in [-0.1, -0.05) is 0 Å². The van der Waals surface area contributed by atoms with Crippen molar-refractivity contribution >= 4 is 17.2 Å². The number of aromatic nitrogens is 1. The van der Waals surface area contributed by atoms with E-state index in [0.29, 0.717) is 17.0 Å². The average molecular weight is 288 g/mol. The third kappa shape index (κ3) is 2.33. The summed E-state index contributed by atoms with van der Waals surface area (Å²) < 4.78 is 18.1. The maximum Gasteiger partial charge on any atom is 0.251 e. The van der Waals surface area contributed by atoms with Gasteiger partial charge in [-0.2, -0.15) is 0 Å². The number of carbonyl (C=O) groups is 1. The number of hydrogen-bond acceptors (Lipinski definition) is 4. The second kappa shape index (κ2) is 4.90. The third-order valence-electron chi connectivity index (χ3n) is 2.73. The van der Waals surface area contributed by atoms with Gasteiger partial charge in [0.2, 0.25) is 0 Å². The van der Waals surface area contributed by atoms with Gasteiger partial charge in [-0.05, 0) is 30.3 Å². The van der Waals surface area contributed by atoms with E-state index in [9.17, 15) is 9.18 Å². The van der Waals surface area contributed by atoms with E-state index in [-0.39, 0.29) is 5.82 Å². The predicted octanol–water partition coefficient (Wildman–Crippen LogP) is 3.31. The molecule has 1 amide bonds. The highest BCUT2D eigenvalue weighted by atomic mass is 32.1. The van der Waals surface area contributed by atoms with E-state index in [2.05, 4.69) is 4.98 Å². The third-order valence-corrected chi connectivity index (χ3v) is 3.62. The van der Waals surface area contributed by atoms with Crippen molar-refractivity contribution in [2.75, 3.05) is 0 Å². The minimum absolute atomic E-state index is 0.289. The van der Waals surface area contributed by atoms with Crippen LogP contribution in [-0.2, 0) is 0 Å². The maximum absolute atomic E-state index is 12.9. The number of amides is 1. The molecule has 0 unspecified atom stereocenters. The van der Waals surface area contributed by atoms with Crippen molar-refractivity contribution in [1.29, 1.82) is 0 Å². The average Bonchev–Trinajstić information content (AvgIpc) is 3.08. The molecule has 6 heteroatoms. The summed E-state index contributed by atoms with van der Waals surface area (Å²) in [6, 6.07) is 7.64. The molecule has 3 rings (SSSR count). The van der Waals surface area contributed by atoms with Gasteiger partial charge >= 0.3 is 0 Å². The second-order valence-electron chi connectivity index (χ2n) is 4.11. The first-order chi connectivity index (χ1) is 9.63. The summed E-state index contributed by atoms with van der Waals surface area (Å²) >= 11 is 1.41. The second-order valence-corrected chi connectivity index (χ2v) is 4.97. The predicted molar refractivity (Wildman–Crippen MR) is 73.7 cm³/mol. The van der Waals surface area contributed by atoms with Gasteiger partial charge in [-0.15, -0.1) is 11.3 Å². The molecular formula is C14H9FN2O2S. The molecule has 0 atom stereocenters. The first-order valence-electron chi connectivity index (χ1n) is 5.73. The van der Waals surface area contributed by atoms with E-state index in [0.717, 1.165) is 10.6 Å². The highest BCUT2D eigenvalue weighted by Crippen LogP contribution is 2.29. The molecular weight excluding hydrogens is 279 g/mol. The monoisotopic (exact) mass is 288 g/mol. The Labute approximate surface area is 117 Å². The van der Waals surface area contributed by atoms with E-state index in [4.69, 9.17) is 10.2 Å². The largest absolute Gasteiger partial charge is 0.462 e. The van der Waals surface area contributed by atoms with Crippen LogP contribution < -0.4 is 5.73 Å². The number of hydrogen-bond donors (Lipinski definition) is 1. The number of rotatable bonds is 3. The van der Waals surface area contributed by atoms with Crippen LogP contribution in [0.25, 0.3) is 22.0 Å². The minimum Gasteiger partial charge on any atom is -0.462 e. The molecule has 0 fully saturated rings. The quantitative estimate of drug-likeness (QED) is 0.803. The zero-order valence-electron chi connectivity index (χ0n) is 10.2. The number of benzene rings is 1. The number of nitrogens with zero attached hydrogens (tertiary/aromatic N) is 1. The number of nitrogens with two attached hydrogens (primary N) is 1. The summed E-state index contributed by atoms with van der Waals surface area (Å²) in [5.41, 5.74) is 6.90. The van der Waals surface area contributed by atoms with Gasteiger partial charge in [0.05, 0.1) is 5.56 Å². The van der Waals surface area contributed by atoms with Crippen molar-refractivity contribution in [2.45, 2.75) is 0 Å². The summed E-state index contributed by atoms with van der Waals surface area (Å²) in [4.78, 5) is 15.4. The van der Waals surface area contributed by atoms with Crippen molar-refractivity contribution in [3.05, 3.63) is 53.4 Å². The van der Waals surface area contributed by atoms with Crippen LogP contribution in [0.3, 0.4) is 0 Å². The summed E-state index contributed by atoms with van der Waals surface area (Å²) in [6.45, 7) is 0. The van der Waals surface area contributed by atoms with E-state index >= 15 is 0 Å². The lowest BCUT2D eigenvalue weighted by atomic mass is 10.2. The van der Waals surface area contributed by atoms with E-state index in [1.165, 1.54) is 29.7 Å². The van der Waals surface area contributed by atoms with Gasteiger partial charge in [0.25, 0.3) is 5.91 Å². The van der Waals surface area contributed by atoms with Gasteiger partial charge < -0.3 is 10.2 Å². The van der Waals surface area contributed by atoms with Crippen molar-refractivity contribution in [2.24, 2.45) is 5.73 Å². The Balaban J connectivity index is 1.93. The smallest absolute Gasteiger partial charge is 0.251 e. The van der Waals surface area contributed by atoms with Crippen molar-refractivity contribution in [3.63, 3.8) is 0 Å². The molecule has 100 valence electrons. The van der Waals surface area contributed by atoms with Crippen molar-refractivity contribution in [1.82, 2.24) is 4.98 Å². The molecule has 0 aliphatic rings. The maximum atomic E-state index is 12.9. The van der Waals surface area contributed by atoms with E-state index in [1.807, 2.05) is 5.38 Å². The number of halogens is 1. The highest BCUT2D eigenvalue weighted by molar-refractivity contribution is 7.13. The molecule has 0 aliphatic heterocycles. The fraction of sp³-hybridized carbons (Fsp3) is 0. The highest BCUT2D eigenvalue weighted by Gasteiger charge is 2.12. The zero-order chi connectivity index (χ0) is 14.1. The molecule has 0 saturated heterocycles. The zero-order valence-corrected chi connectivity index (χ0v) is 11.0. The van der Waals surface area contributed by atoms with Crippen molar-refractivity contribution < 1.29 is 13.6 Å². The summed E-state index contributed by atoms with van der Waals surface area (Å²) in [5.74, 6) is -0.361. The summed E-state index contributed by atoms with van der Waals surface area (Å²) in [5, 5.41) is 2.56. The Morgan fingerprint density at radius 2 is 2.05 bits per heavy atom. The van der Waals surface area contributed by atoms with Gasteiger partial charge in [0.1, 0.15) is 22.8 Å². The standard InChI is InChI=1S/C14H9FN2O2S/c15-10-3-1-8(2-4-10)14-17-11(7-20-14)12-5-9(6-19-12)13(16)18/h1-7H,(H2,16,18). The first-order valence-corrected chi connectivity index (χ1v) is 6.61. The molecule has 2 aromatic heterocycles. The number of thiazole rings is 1. The summed E-state index contributed by atoms with van der Waals surface area (Å²) in [6.07, 6.45) is 1.30. The summed E-state index contributed by atoms with van der Waals surface area (Å²) in [7, 11) is 0. The minimum atomic E-state index is -0.547. The molecule has 2 heterocycles. The van der Waals surface area contributed by atoms with Gasteiger partial charge in [0, 0.05) is 10.9 Å². The lowest BCUT2D eigenvalue weighted by molar-refractivity contribution is 0.0999. The molecule has 4 nitrogen and oxygen atoms in total. The molecule has 2 N–H and O–H groups in total. The Morgan fingerprint density at radius 1 is 1.30 bits per heavy atom. The molecule has 0 bridgehead atoms. The molecule has 1 aromatic carbocycles. The van der Waals surface area contributed by atoms with Crippen LogP contribution in [0.2, 0.25) is 0 Å². The molecule has 20 heavy (non-hydrogen) atoms. The Morgan fingerprint density at radius 3 is 2.70 bits per heavy atom. The van der Waals surface area contributed by atoms with Crippen LogP contribution in [0, 0.1) is 5.82 Å². The van der Waals surface area contributed by atoms with Crippen LogP contribution >= 0.6 is 11.3 Å². The molecule has 0 spiro atoms. The van der Waals surface area contributed by atoms with Crippen LogP contribution in [0.15, 0.2) is 46.4 Å². The molecule has 0 aliphatic carbocycles. The number of primary amides is 1. The fourth-order valence-electron chi connectivity index (χ4n) is 1.71. The van der Waals surface area contributed by atoms with E-state index in [1.54, 1.807) is 18.2 Å². The number of furan rings is 1. The van der Waals surface area contributed by atoms with Crippen LogP contribution in [0.4, 0.5) is 4.39 Å². The topological polar surface area (TPSA) is 69.1 Å². The van der Waals surface area contributed by atoms with Crippen LogP contribution in [-0.4, -0.2) is 10.9 Å². The normalized spacial score (nSPS) is 10.7. The fourth-order valence-corrected chi connectivity index (χ4v) is 2.53. The lowest BCUT2D eigenvalue weighted by Gasteiger charge is -1.94. The van der Waals surface area contributed by atoms with Crippen LogP contribution in [0.5, 0.6) is 0 Å². The van der Waals surface area contributed by atoms with Crippen LogP contribution in [0.1, 0.15) is 10.4 Å². The SMILES string of the molecule is NC(=O)c1coc(-c2csc(-c3ccc(F)cc3)n2)c1. The lowest BCUT2D eigenvalue weighted by Crippen LogP contribution is -2.09.